The largest absolute Gasteiger partial charge is 0.465 e. The lowest BCUT2D eigenvalue weighted by molar-refractivity contribution is 0.0602. The molecule has 2 aromatic rings. The Morgan fingerprint density at radius 2 is 1.95 bits per heavy atom. The Morgan fingerprint density at radius 3 is 2.67 bits per heavy atom. The van der Waals surface area contributed by atoms with Gasteiger partial charge in [-0.15, -0.1) is 0 Å². The number of nitrogens with one attached hydrogen (secondary N) is 1. The zero-order chi connectivity index (χ0) is 15.4. The molecule has 0 aromatic heterocycles. The number of hydrogen-bond donors (Lipinski definition) is 1. The van der Waals surface area contributed by atoms with Gasteiger partial charge in [0.05, 0.1) is 18.4 Å². The monoisotopic (exact) mass is 303 g/mol. The van der Waals surface area contributed by atoms with Crippen LogP contribution in [0.1, 0.15) is 27.0 Å². The molecule has 21 heavy (non-hydrogen) atoms. The van der Waals surface area contributed by atoms with Crippen LogP contribution in [0.25, 0.3) is 0 Å². The van der Waals surface area contributed by atoms with Crippen molar-refractivity contribution in [1.29, 1.82) is 0 Å². The predicted octanol–water partition coefficient (Wildman–Crippen LogP) is 4.36. The maximum absolute atomic E-state index is 11.8. The van der Waals surface area contributed by atoms with Gasteiger partial charge in [0.25, 0.3) is 0 Å². The summed E-state index contributed by atoms with van der Waals surface area (Å²) < 4.78 is 4.79. The van der Waals surface area contributed by atoms with E-state index in [1.807, 2.05) is 0 Å². The Labute approximate surface area is 129 Å². The topological polar surface area (TPSA) is 38.3 Å². The number of carbonyl (C=O) groups excluding carboxylic acids is 1. The first-order chi connectivity index (χ1) is 10.0. The van der Waals surface area contributed by atoms with E-state index in [4.69, 9.17) is 16.3 Å². The van der Waals surface area contributed by atoms with Crippen LogP contribution in [0.4, 0.5) is 5.69 Å². The van der Waals surface area contributed by atoms with E-state index in [9.17, 15) is 4.79 Å². The smallest absolute Gasteiger partial charge is 0.339 e. The lowest BCUT2D eigenvalue weighted by atomic mass is 10.1. The van der Waals surface area contributed by atoms with E-state index < -0.39 is 0 Å². The molecule has 0 aliphatic carbocycles. The van der Waals surface area contributed by atoms with Crippen molar-refractivity contribution in [2.24, 2.45) is 0 Å². The molecule has 0 saturated carbocycles. The number of ether oxygens (including phenoxy) is 1. The van der Waals surface area contributed by atoms with Crippen molar-refractivity contribution < 1.29 is 9.53 Å². The lowest BCUT2D eigenvalue weighted by Gasteiger charge is -2.13. The molecule has 0 radical (unpaired) electrons. The number of rotatable bonds is 4. The van der Waals surface area contributed by atoms with Crippen molar-refractivity contribution in [3.63, 3.8) is 0 Å². The standard InChI is InChI=1S/C17H18ClNO2/c1-11-4-5-12(2)13(8-11)10-19-16-9-14(18)6-7-15(16)17(20)21-3/h4-9,19H,10H2,1-3H3. The second-order valence-electron chi connectivity index (χ2n) is 4.96. The molecule has 0 spiro atoms. The van der Waals surface area contributed by atoms with Crippen LogP contribution in [-0.2, 0) is 11.3 Å². The first-order valence-corrected chi connectivity index (χ1v) is 7.07. The van der Waals surface area contributed by atoms with Gasteiger partial charge in [-0.3, -0.25) is 0 Å². The summed E-state index contributed by atoms with van der Waals surface area (Å²) in [5.41, 5.74) is 4.75. The zero-order valence-electron chi connectivity index (χ0n) is 12.4. The number of halogens is 1. The SMILES string of the molecule is COC(=O)c1ccc(Cl)cc1NCc1cc(C)ccc1C. The Morgan fingerprint density at radius 1 is 1.19 bits per heavy atom. The molecular formula is C17H18ClNO2. The van der Waals surface area contributed by atoms with E-state index in [1.54, 1.807) is 18.2 Å². The Balaban J connectivity index is 2.25. The molecule has 110 valence electrons. The van der Waals surface area contributed by atoms with E-state index in [1.165, 1.54) is 23.8 Å². The van der Waals surface area contributed by atoms with E-state index >= 15 is 0 Å². The number of carbonyl (C=O) groups is 1. The van der Waals surface area contributed by atoms with Crippen LogP contribution in [0, 0.1) is 13.8 Å². The van der Waals surface area contributed by atoms with Gasteiger partial charge in [0.1, 0.15) is 0 Å². The van der Waals surface area contributed by atoms with Gasteiger partial charge >= 0.3 is 5.97 Å². The first kappa shape index (κ1) is 15.4. The summed E-state index contributed by atoms with van der Waals surface area (Å²) in [6, 6.07) is 11.4. The van der Waals surface area contributed by atoms with Gasteiger partial charge in [0, 0.05) is 11.6 Å². The van der Waals surface area contributed by atoms with Gasteiger partial charge in [-0.05, 0) is 43.2 Å². The number of anilines is 1. The molecule has 4 heteroatoms. The van der Waals surface area contributed by atoms with E-state index in [0.29, 0.717) is 22.8 Å². The van der Waals surface area contributed by atoms with Gasteiger partial charge in [0.2, 0.25) is 0 Å². The molecule has 3 nitrogen and oxygen atoms in total. The highest BCUT2D eigenvalue weighted by Crippen LogP contribution is 2.23. The second kappa shape index (κ2) is 6.64. The van der Waals surface area contributed by atoms with E-state index in [0.717, 1.165) is 0 Å². The predicted molar refractivity (Wildman–Crippen MR) is 86.0 cm³/mol. The van der Waals surface area contributed by atoms with Gasteiger partial charge in [-0.2, -0.15) is 0 Å². The molecule has 0 atom stereocenters. The fourth-order valence-corrected chi connectivity index (χ4v) is 2.30. The average molecular weight is 304 g/mol. The molecule has 0 heterocycles. The van der Waals surface area contributed by atoms with E-state index in [-0.39, 0.29) is 5.97 Å². The van der Waals surface area contributed by atoms with Crippen molar-refractivity contribution in [1.82, 2.24) is 0 Å². The fourth-order valence-electron chi connectivity index (χ4n) is 2.13. The molecule has 2 rings (SSSR count). The number of benzene rings is 2. The summed E-state index contributed by atoms with van der Waals surface area (Å²) in [7, 11) is 1.37. The van der Waals surface area contributed by atoms with Crippen LogP contribution < -0.4 is 5.32 Å². The average Bonchev–Trinajstić information content (AvgIpc) is 2.47. The van der Waals surface area contributed by atoms with Gasteiger partial charge in [0.15, 0.2) is 0 Å². The van der Waals surface area contributed by atoms with Crippen molar-refractivity contribution >= 4 is 23.3 Å². The number of esters is 1. The van der Waals surface area contributed by atoms with Gasteiger partial charge in [-0.25, -0.2) is 4.79 Å². The maximum atomic E-state index is 11.8. The van der Waals surface area contributed by atoms with Crippen molar-refractivity contribution in [2.45, 2.75) is 20.4 Å². The number of hydrogen-bond acceptors (Lipinski definition) is 3. The molecular weight excluding hydrogens is 286 g/mol. The van der Waals surface area contributed by atoms with Crippen LogP contribution in [0.5, 0.6) is 0 Å². The van der Waals surface area contributed by atoms with Gasteiger partial charge < -0.3 is 10.1 Å². The normalized spacial score (nSPS) is 10.3. The summed E-state index contributed by atoms with van der Waals surface area (Å²) in [5, 5.41) is 3.84. The molecule has 0 saturated heterocycles. The summed E-state index contributed by atoms with van der Waals surface area (Å²) in [4.78, 5) is 11.8. The van der Waals surface area contributed by atoms with Crippen LogP contribution >= 0.6 is 11.6 Å². The minimum absolute atomic E-state index is 0.380. The van der Waals surface area contributed by atoms with Crippen LogP contribution in [-0.4, -0.2) is 13.1 Å². The van der Waals surface area contributed by atoms with Crippen LogP contribution in [0.15, 0.2) is 36.4 Å². The second-order valence-corrected chi connectivity index (χ2v) is 5.40. The molecule has 1 N–H and O–H groups in total. The highest BCUT2D eigenvalue weighted by Gasteiger charge is 2.12. The van der Waals surface area contributed by atoms with Crippen molar-refractivity contribution in [3.05, 3.63) is 63.7 Å². The lowest BCUT2D eigenvalue weighted by Crippen LogP contribution is -2.09. The molecule has 0 aliphatic rings. The first-order valence-electron chi connectivity index (χ1n) is 6.69. The molecule has 0 fully saturated rings. The maximum Gasteiger partial charge on any atom is 0.339 e. The summed E-state index contributed by atoms with van der Waals surface area (Å²) in [6.45, 7) is 4.75. The highest BCUT2D eigenvalue weighted by molar-refractivity contribution is 6.31. The van der Waals surface area contributed by atoms with Crippen molar-refractivity contribution in [3.8, 4) is 0 Å². The highest BCUT2D eigenvalue weighted by atomic mass is 35.5. The summed E-state index contributed by atoms with van der Waals surface area (Å²) in [5.74, 6) is -0.380. The Kier molecular flexibility index (Phi) is 4.86. The van der Waals surface area contributed by atoms with Crippen LogP contribution in [0.3, 0.4) is 0 Å². The Bertz CT molecular complexity index is 668. The minimum Gasteiger partial charge on any atom is -0.465 e. The molecule has 2 aromatic carbocycles. The summed E-state index contributed by atoms with van der Waals surface area (Å²) in [6.07, 6.45) is 0. The zero-order valence-corrected chi connectivity index (χ0v) is 13.1. The molecule has 0 amide bonds. The van der Waals surface area contributed by atoms with Gasteiger partial charge in [-0.1, -0.05) is 35.4 Å². The number of aryl methyl sites for hydroxylation is 2. The molecule has 0 bridgehead atoms. The van der Waals surface area contributed by atoms with Crippen LogP contribution in [0.2, 0.25) is 5.02 Å². The molecule has 0 unspecified atom stereocenters. The van der Waals surface area contributed by atoms with Crippen molar-refractivity contribution in [2.75, 3.05) is 12.4 Å². The minimum atomic E-state index is -0.380. The third-order valence-electron chi connectivity index (χ3n) is 3.36. The summed E-state index contributed by atoms with van der Waals surface area (Å²) >= 11 is 6.01. The fraction of sp³-hybridized carbons (Fsp3) is 0.235. The van der Waals surface area contributed by atoms with E-state index in [2.05, 4.69) is 37.4 Å². The third kappa shape index (κ3) is 3.76. The number of methoxy groups -OCH3 is 1. The molecule has 0 aliphatic heterocycles. The quantitative estimate of drug-likeness (QED) is 0.853. The Hall–Kier alpha value is -2.00. The third-order valence-corrected chi connectivity index (χ3v) is 3.60.